The molecule has 3 nitrogen and oxygen atoms in total. The zero-order chi connectivity index (χ0) is 13.8. The molecule has 1 aromatic rings. The average Bonchev–Trinajstić information content (AvgIpc) is 2.29. The lowest BCUT2D eigenvalue weighted by Crippen LogP contribution is -2.40. The maximum absolute atomic E-state index is 12.1. The van der Waals surface area contributed by atoms with Crippen LogP contribution in [0.4, 0.5) is 0 Å². The van der Waals surface area contributed by atoms with Gasteiger partial charge in [-0.1, -0.05) is 24.3 Å². The lowest BCUT2D eigenvalue weighted by Gasteiger charge is -2.23. The Morgan fingerprint density at radius 3 is 2.63 bits per heavy atom. The van der Waals surface area contributed by atoms with E-state index in [2.05, 4.69) is 36.6 Å². The SMILES string of the molecule is CC(C(=O)NC(C)Cc1ccccc1C)=C1CNC1. The van der Waals surface area contributed by atoms with Crippen LogP contribution in [0.5, 0.6) is 0 Å². The van der Waals surface area contributed by atoms with Gasteiger partial charge in [0, 0.05) is 24.7 Å². The Bertz CT molecular complexity index is 499. The van der Waals surface area contributed by atoms with Crippen molar-refractivity contribution in [1.29, 1.82) is 0 Å². The summed E-state index contributed by atoms with van der Waals surface area (Å²) in [6, 6.07) is 8.47. The van der Waals surface area contributed by atoms with Crippen LogP contribution in [-0.2, 0) is 11.2 Å². The highest BCUT2D eigenvalue weighted by Gasteiger charge is 2.17. The highest BCUT2D eigenvalue weighted by atomic mass is 16.1. The van der Waals surface area contributed by atoms with Crippen LogP contribution in [0.1, 0.15) is 25.0 Å². The molecule has 1 unspecified atom stereocenters. The van der Waals surface area contributed by atoms with E-state index in [1.165, 1.54) is 16.7 Å². The van der Waals surface area contributed by atoms with Crippen molar-refractivity contribution in [2.24, 2.45) is 0 Å². The zero-order valence-electron chi connectivity index (χ0n) is 11.9. The Kier molecular flexibility index (Phi) is 4.38. The van der Waals surface area contributed by atoms with Crippen molar-refractivity contribution >= 4 is 5.91 Å². The fourth-order valence-electron chi connectivity index (χ4n) is 2.23. The molecule has 0 bridgehead atoms. The van der Waals surface area contributed by atoms with Crippen molar-refractivity contribution in [2.45, 2.75) is 33.2 Å². The second kappa shape index (κ2) is 6.02. The topological polar surface area (TPSA) is 41.1 Å². The standard InChI is InChI=1S/C16H22N2O/c1-11-6-4-5-7-14(11)8-12(2)18-16(19)13(3)15-9-17-10-15/h4-7,12,17H,8-10H2,1-3H3,(H,18,19). The summed E-state index contributed by atoms with van der Waals surface area (Å²) in [6.07, 6.45) is 0.874. The van der Waals surface area contributed by atoms with E-state index >= 15 is 0 Å². The largest absolute Gasteiger partial charge is 0.350 e. The van der Waals surface area contributed by atoms with E-state index in [4.69, 9.17) is 0 Å². The molecule has 1 amide bonds. The van der Waals surface area contributed by atoms with E-state index in [9.17, 15) is 4.79 Å². The predicted molar refractivity (Wildman–Crippen MR) is 78.1 cm³/mol. The molecule has 0 radical (unpaired) electrons. The van der Waals surface area contributed by atoms with Gasteiger partial charge in [0.15, 0.2) is 0 Å². The van der Waals surface area contributed by atoms with Gasteiger partial charge in [-0.15, -0.1) is 0 Å². The number of benzene rings is 1. The Labute approximate surface area is 115 Å². The third kappa shape index (κ3) is 3.44. The fraction of sp³-hybridized carbons (Fsp3) is 0.438. The van der Waals surface area contributed by atoms with Gasteiger partial charge in [-0.25, -0.2) is 0 Å². The first-order chi connectivity index (χ1) is 9.08. The monoisotopic (exact) mass is 258 g/mol. The van der Waals surface area contributed by atoms with Crippen LogP contribution >= 0.6 is 0 Å². The Morgan fingerprint density at radius 2 is 2.05 bits per heavy atom. The first kappa shape index (κ1) is 13.8. The summed E-state index contributed by atoms with van der Waals surface area (Å²) in [5.74, 6) is 0.0672. The molecule has 3 heteroatoms. The number of nitrogens with one attached hydrogen (secondary N) is 2. The summed E-state index contributed by atoms with van der Waals surface area (Å²) in [5, 5.41) is 6.24. The molecule has 1 heterocycles. The summed E-state index contributed by atoms with van der Waals surface area (Å²) in [6.45, 7) is 7.78. The summed E-state index contributed by atoms with van der Waals surface area (Å²) in [4.78, 5) is 12.1. The molecular weight excluding hydrogens is 236 g/mol. The molecule has 1 atom stereocenters. The van der Waals surface area contributed by atoms with E-state index in [0.29, 0.717) is 0 Å². The molecule has 19 heavy (non-hydrogen) atoms. The third-order valence-electron chi connectivity index (χ3n) is 3.71. The van der Waals surface area contributed by atoms with Crippen LogP contribution in [0, 0.1) is 6.92 Å². The van der Waals surface area contributed by atoms with Crippen molar-refractivity contribution in [1.82, 2.24) is 10.6 Å². The minimum atomic E-state index is 0.0672. The van der Waals surface area contributed by atoms with Gasteiger partial charge in [-0.3, -0.25) is 4.79 Å². The summed E-state index contributed by atoms with van der Waals surface area (Å²) in [7, 11) is 0. The predicted octanol–water partition coefficient (Wildman–Crippen LogP) is 1.96. The van der Waals surface area contributed by atoms with Crippen molar-refractivity contribution in [3.8, 4) is 0 Å². The second-order valence-electron chi connectivity index (χ2n) is 5.34. The Morgan fingerprint density at radius 1 is 1.37 bits per heavy atom. The molecule has 2 rings (SSSR count). The van der Waals surface area contributed by atoms with Gasteiger partial charge < -0.3 is 10.6 Å². The van der Waals surface area contributed by atoms with E-state index in [1.807, 2.05) is 19.1 Å². The molecule has 0 saturated carbocycles. The van der Waals surface area contributed by atoms with Gasteiger partial charge in [0.05, 0.1) is 0 Å². The van der Waals surface area contributed by atoms with Crippen molar-refractivity contribution in [2.75, 3.05) is 13.1 Å². The second-order valence-corrected chi connectivity index (χ2v) is 5.34. The maximum Gasteiger partial charge on any atom is 0.247 e. The Balaban J connectivity index is 1.93. The molecule has 1 aliphatic rings. The molecule has 1 aliphatic heterocycles. The first-order valence-corrected chi connectivity index (χ1v) is 6.82. The number of carbonyl (C=O) groups excluding carboxylic acids is 1. The van der Waals surface area contributed by atoms with Crippen molar-refractivity contribution in [3.63, 3.8) is 0 Å². The number of hydrogen-bond donors (Lipinski definition) is 2. The van der Waals surface area contributed by atoms with E-state index in [-0.39, 0.29) is 11.9 Å². The number of amides is 1. The first-order valence-electron chi connectivity index (χ1n) is 6.82. The number of carbonyl (C=O) groups is 1. The number of rotatable bonds is 4. The van der Waals surface area contributed by atoms with Gasteiger partial charge in [0.2, 0.25) is 5.91 Å². The molecule has 0 aromatic heterocycles. The van der Waals surface area contributed by atoms with Gasteiger partial charge in [-0.05, 0) is 43.9 Å². The van der Waals surface area contributed by atoms with Crippen LogP contribution in [0.2, 0.25) is 0 Å². The number of aryl methyl sites for hydroxylation is 1. The van der Waals surface area contributed by atoms with Gasteiger partial charge in [0.1, 0.15) is 0 Å². The highest BCUT2D eigenvalue weighted by Crippen LogP contribution is 2.12. The normalized spacial score (nSPS) is 15.6. The molecule has 1 fully saturated rings. The highest BCUT2D eigenvalue weighted by molar-refractivity contribution is 5.94. The van der Waals surface area contributed by atoms with Gasteiger partial charge >= 0.3 is 0 Å². The van der Waals surface area contributed by atoms with E-state index in [0.717, 1.165) is 25.1 Å². The van der Waals surface area contributed by atoms with Gasteiger partial charge in [0.25, 0.3) is 0 Å². The minimum Gasteiger partial charge on any atom is -0.350 e. The van der Waals surface area contributed by atoms with E-state index < -0.39 is 0 Å². The smallest absolute Gasteiger partial charge is 0.247 e. The zero-order valence-corrected chi connectivity index (χ0v) is 11.9. The van der Waals surface area contributed by atoms with Crippen LogP contribution < -0.4 is 10.6 Å². The van der Waals surface area contributed by atoms with Crippen LogP contribution in [0.25, 0.3) is 0 Å². The fourth-order valence-corrected chi connectivity index (χ4v) is 2.23. The molecule has 1 aromatic carbocycles. The summed E-state index contributed by atoms with van der Waals surface area (Å²) in [5.41, 5.74) is 4.67. The molecule has 102 valence electrons. The van der Waals surface area contributed by atoms with E-state index in [1.54, 1.807) is 0 Å². The van der Waals surface area contributed by atoms with Crippen molar-refractivity contribution in [3.05, 3.63) is 46.5 Å². The lowest BCUT2D eigenvalue weighted by atomic mass is 10.0. The average molecular weight is 258 g/mol. The molecule has 2 N–H and O–H groups in total. The quantitative estimate of drug-likeness (QED) is 0.811. The molecular formula is C16H22N2O. The maximum atomic E-state index is 12.1. The minimum absolute atomic E-state index is 0.0672. The summed E-state index contributed by atoms with van der Waals surface area (Å²) >= 11 is 0. The van der Waals surface area contributed by atoms with Crippen LogP contribution in [0.3, 0.4) is 0 Å². The summed E-state index contributed by atoms with van der Waals surface area (Å²) < 4.78 is 0. The molecule has 0 aliphatic carbocycles. The van der Waals surface area contributed by atoms with Crippen LogP contribution in [0.15, 0.2) is 35.4 Å². The lowest BCUT2D eigenvalue weighted by molar-refractivity contribution is -0.118. The molecule has 1 saturated heterocycles. The molecule has 0 spiro atoms. The van der Waals surface area contributed by atoms with Crippen molar-refractivity contribution < 1.29 is 4.79 Å². The Hall–Kier alpha value is -1.61. The third-order valence-corrected chi connectivity index (χ3v) is 3.71. The van der Waals surface area contributed by atoms with Gasteiger partial charge in [-0.2, -0.15) is 0 Å². The number of hydrogen-bond acceptors (Lipinski definition) is 2. The van der Waals surface area contributed by atoms with Crippen LogP contribution in [-0.4, -0.2) is 25.0 Å².